The zero-order chi connectivity index (χ0) is 20.3. The van der Waals surface area contributed by atoms with Gasteiger partial charge >= 0.3 is 0 Å². The van der Waals surface area contributed by atoms with Crippen LogP contribution in [-0.2, 0) is 28.3 Å². The number of aryl methyl sites for hydroxylation is 1. The van der Waals surface area contributed by atoms with Gasteiger partial charge in [0.15, 0.2) is 5.79 Å². The number of rotatable bonds is 2. The van der Waals surface area contributed by atoms with Gasteiger partial charge in [-0.3, -0.25) is 0 Å². The molecule has 4 rings (SSSR count). The Morgan fingerprint density at radius 2 is 1.93 bits per heavy atom. The molecule has 1 spiro atoms. The van der Waals surface area contributed by atoms with E-state index in [2.05, 4.69) is 37.3 Å². The van der Waals surface area contributed by atoms with Crippen LogP contribution in [0.2, 0.25) is 0 Å². The molecule has 2 aliphatic heterocycles. The fourth-order valence-electron chi connectivity index (χ4n) is 4.08. The number of aliphatic hydroxyl groups is 2. The Morgan fingerprint density at radius 3 is 2.57 bits per heavy atom. The summed E-state index contributed by atoms with van der Waals surface area (Å²) < 4.78 is 12.2. The first-order valence-electron chi connectivity index (χ1n) is 9.55. The number of nitrogens with zero attached hydrogens (tertiary/aromatic N) is 1. The average Bonchev–Trinajstić information content (AvgIpc) is 3.00. The highest BCUT2D eigenvalue weighted by molar-refractivity contribution is 5.49. The summed E-state index contributed by atoms with van der Waals surface area (Å²) in [6.45, 7) is 4.43. The molecule has 0 aromatic heterocycles. The maximum absolute atomic E-state index is 10.2. The lowest BCUT2D eigenvalue weighted by Crippen LogP contribution is -2.43. The highest BCUT2D eigenvalue weighted by atomic mass is 16.7. The van der Waals surface area contributed by atoms with Crippen molar-refractivity contribution in [1.29, 1.82) is 5.26 Å². The standard InChI is InChI=1S/C22H23NO3.CH4O/c1-14-3-5-16(6-4-14)8-17-10-21-19(9-18(17)12-23)13-25-22(21)11-20(24)7-15(2)26-22;1-2/h3-6,9-10,15,20,24H,7-8,11,13H2,1-2H3;2H,1H3/t15?,20?,22-;/m1./s1. The fraction of sp³-hybridized carbons (Fsp3) is 0.435. The van der Waals surface area contributed by atoms with Gasteiger partial charge in [-0.05, 0) is 55.5 Å². The van der Waals surface area contributed by atoms with Gasteiger partial charge in [-0.2, -0.15) is 5.26 Å². The molecule has 148 valence electrons. The lowest BCUT2D eigenvalue weighted by molar-refractivity contribution is -0.295. The minimum Gasteiger partial charge on any atom is -0.400 e. The molecule has 2 unspecified atom stereocenters. The van der Waals surface area contributed by atoms with Crippen LogP contribution in [0.3, 0.4) is 0 Å². The van der Waals surface area contributed by atoms with Gasteiger partial charge in [0.25, 0.3) is 0 Å². The van der Waals surface area contributed by atoms with Crippen LogP contribution in [0.5, 0.6) is 0 Å². The van der Waals surface area contributed by atoms with Gasteiger partial charge in [-0.25, -0.2) is 0 Å². The molecule has 1 saturated heterocycles. The van der Waals surface area contributed by atoms with E-state index in [-0.39, 0.29) is 6.10 Å². The third kappa shape index (κ3) is 3.96. The summed E-state index contributed by atoms with van der Waals surface area (Å²) in [5, 5.41) is 26.8. The summed E-state index contributed by atoms with van der Waals surface area (Å²) in [5.74, 6) is -0.886. The second-order valence-corrected chi connectivity index (χ2v) is 7.50. The van der Waals surface area contributed by atoms with E-state index >= 15 is 0 Å². The van der Waals surface area contributed by atoms with E-state index < -0.39 is 11.9 Å². The van der Waals surface area contributed by atoms with Crippen molar-refractivity contribution in [1.82, 2.24) is 0 Å². The molecule has 2 aliphatic rings. The maximum atomic E-state index is 10.2. The summed E-state index contributed by atoms with van der Waals surface area (Å²) in [5.41, 5.74) is 5.97. The first kappa shape index (κ1) is 20.5. The molecule has 1 fully saturated rings. The zero-order valence-corrected chi connectivity index (χ0v) is 16.6. The molecule has 2 heterocycles. The number of ether oxygens (including phenoxy) is 2. The number of hydrogen-bond acceptors (Lipinski definition) is 5. The predicted octanol–water partition coefficient (Wildman–Crippen LogP) is 3.31. The second-order valence-electron chi connectivity index (χ2n) is 7.50. The Morgan fingerprint density at radius 1 is 1.21 bits per heavy atom. The van der Waals surface area contributed by atoms with Gasteiger partial charge < -0.3 is 19.7 Å². The Kier molecular flexibility index (Phi) is 6.17. The van der Waals surface area contributed by atoms with Crippen molar-refractivity contribution >= 4 is 0 Å². The van der Waals surface area contributed by atoms with Crippen LogP contribution in [0, 0.1) is 18.3 Å². The molecular weight excluding hydrogens is 354 g/mol. The van der Waals surface area contributed by atoms with Crippen LogP contribution >= 0.6 is 0 Å². The maximum Gasteiger partial charge on any atom is 0.198 e. The summed E-state index contributed by atoms with van der Waals surface area (Å²) >= 11 is 0. The molecule has 3 atom stereocenters. The second kappa shape index (κ2) is 8.42. The SMILES string of the molecule is CO.Cc1ccc(Cc2cc3c(cc2C#N)CO[C@@]32CC(O)CC(C)O2)cc1. The normalized spacial score (nSPS) is 25.6. The van der Waals surface area contributed by atoms with Crippen molar-refractivity contribution in [3.63, 3.8) is 0 Å². The molecule has 2 aromatic rings. The minimum atomic E-state index is -0.886. The van der Waals surface area contributed by atoms with E-state index in [4.69, 9.17) is 14.6 Å². The number of fused-ring (bicyclic) bond motifs is 2. The molecule has 2 N–H and O–H groups in total. The minimum absolute atomic E-state index is 0.0686. The Hall–Kier alpha value is -2.23. The Labute approximate surface area is 166 Å². The molecule has 0 amide bonds. The lowest BCUT2D eigenvalue weighted by Gasteiger charge is -2.39. The van der Waals surface area contributed by atoms with Gasteiger partial charge in [-0.15, -0.1) is 0 Å². The highest BCUT2D eigenvalue weighted by Crippen LogP contribution is 2.46. The van der Waals surface area contributed by atoms with E-state index in [1.54, 1.807) is 0 Å². The van der Waals surface area contributed by atoms with Gasteiger partial charge in [0, 0.05) is 19.1 Å². The molecule has 28 heavy (non-hydrogen) atoms. The number of nitriles is 1. The van der Waals surface area contributed by atoms with E-state index in [0.717, 1.165) is 29.4 Å². The molecule has 0 bridgehead atoms. The highest BCUT2D eigenvalue weighted by Gasteiger charge is 2.47. The summed E-state index contributed by atoms with van der Waals surface area (Å²) in [4.78, 5) is 0. The molecular formula is C23H27NO4. The van der Waals surface area contributed by atoms with E-state index in [1.807, 2.05) is 19.1 Å². The Bertz CT molecular complexity index is 859. The third-order valence-corrected chi connectivity index (χ3v) is 5.34. The number of hydrogen-bond donors (Lipinski definition) is 2. The van der Waals surface area contributed by atoms with Crippen LogP contribution in [0.4, 0.5) is 0 Å². The summed E-state index contributed by atoms with van der Waals surface area (Å²) in [6, 6.07) is 14.6. The summed E-state index contributed by atoms with van der Waals surface area (Å²) in [7, 11) is 1.00. The lowest BCUT2D eigenvalue weighted by atomic mass is 9.88. The van der Waals surface area contributed by atoms with Crippen LogP contribution in [0.25, 0.3) is 0 Å². The smallest absolute Gasteiger partial charge is 0.198 e. The van der Waals surface area contributed by atoms with Crippen molar-refractivity contribution in [3.05, 3.63) is 69.8 Å². The van der Waals surface area contributed by atoms with Crippen molar-refractivity contribution in [2.45, 2.75) is 57.7 Å². The van der Waals surface area contributed by atoms with Crippen LogP contribution in [0.15, 0.2) is 36.4 Å². The van der Waals surface area contributed by atoms with Gasteiger partial charge in [-0.1, -0.05) is 29.8 Å². The Balaban J connectivity index is 0.00000109. The third-order valence-electron chi connectivity index (χ3n) is 5.34. The molecule has 0 saturated carbocycles. The monoisotopic (exact) mass is 381 g/mol. The van der Waals surface area contributed by atoms with Crippen LogP contribution < -0.4 is 0 Å². The fourth-order valence-corrected chi connectivity index (χ4v) is 4.08. The zero-order valence-electron chi connectivity index (χ0n) is 16.6. The van der Waals surface area contributed by atoms with Crippen molar-refractivity contribution in [2.75, 3.05) is 7.11 Å². The molecule has 5 heteroatoms. The quantitative estimate of drug-likeness (QED) is 0.834. The van der Waals surface area contributed by atoms with Crippen molar-refractivity contribution in [2.24, 2.45) is 0 Å². The van der Waals surface area contributed by atoms with Crippen molar-refractivity contribution in [3.8, 4) is 6.07 Å². The first-order valence-corrected chi connectivity index (χ1v) is 9.55. The van der Waals surface area contributed by atoms with E-state index in [1.165, 1.54) is 5.56 Å². The van der Waals surface area contributed by atoms with E-state index in [0.29, 0.717) is 31.4 Å². The summed E-state index contributed by atoms with van der Waals surface area (Å²) in [6.07, 6.45) is 1.22. The molecule has 0 radical (unpaired) electrons. The van der Waals surface area contributed by atoms with Gasteiger partial charge in [0.2, 0.25) is 0 Å². The van der Waals surface area contributed by atoms with Crippen LogP contribution in [0.1, 0.15) is 53.1 Å². The number of benzene rings is 2. The number of aliphatic hydroxyl groups excluding tert-OH is 2. The van der Waals surface area contributed by atoms with Gasteiger partial charge in [0.1, 0.15) is 0 Å². The van der Waals surface area contributed by atoms with Crippen molar-refractivity contribution < 1.29 is 19.7 Å². The molecule has 5 nitrogen and oxygen atoms in total. The van der Waals surface area contributed by atoms with Crippen LogP contribution in [-0.4, -0.2) is 29.5 Å². The predicted molar refractivity (Wildman–Crippen MR) is 106 cm³/mol. The first-order chi connectivity index (χ1) is 13.5. The molecule has 2 aromatic carbocycles. The average molecular weight is 381 g/mol. The topological polar surface area (TPSA) is 82.7 Å². The molecule has 0 aliphatic carbocycles. The largest absolute Gasteiger partial charge is 0.400 e. The van der Waals surface area contributed by atoms with Gasteiger partial charge in [0.05, 0.1) is 30.4 Å². The van der Waals surface area contributed by atoms with E-state index in [9.17, 15) is 10.4 Å².